The summed E-state index contributed by atoms with van der Waals surface area (Å²) in [4.78, 5) is 0. The summed E-state index contributed by atoms with van der Waals surface area (Å²) in [5.74, 6) is -0.101. The Bertz CT molecular complexity index is 556. The minimum atomic E-state index is -3.47. The summed E-state index contributed by atoms with van der Waals surface area (Å²) in [5, 5.41) is 10.0. The second-order valence-corrected chi connectivity index (χ2v) is 7.18. The van der Waals surface area contributed by atoms with Gasteiger partial charge in [-0.05, 0) is 25.0 Å². The van der Waals surface area contributed by atoms with Crippen LogP contribution in [0.15, 0.2) is 24.3 Å². The lowest BCUT2D eigenvalue weighted by Crippen LogP contribution is -2.36. The van der Waals surface area contributed by atoms with Crippen LogP contribution >= 0.6 is 0 Å². The molecule has 112 valence electrons. The van der Waals surface area contributed by atoms with Crippen molar-refractivity contribution in [3.8, 4) is 0 Å². The van der Waals surface area contributed by atoms with Gasteiger partial charge in [0.25, 0.3) is 0 Å². The standard InChI is InChI=1S/C14H21NO4S/c1-10(2)19-7-8-20(17,18)15-14-12-6-4-3-5-11(12)9-13(14)16/h3-6,10,13-16H,7-9H2,1-2H3/t13-,14+/m1/s1. The molecule has 1 aliphatic carbocycles. The van der Waals surface area contributed by atoms with Gasteiger partial charge in [0.1, 0.15) is 0 Å². The first-order valence-electron chi connectivity index (χ1n) is 6.76. The Morgan fingerprint density at radius 1 is 1.40 bits per heavy atom. The molecule has 0 aliphatic heterocycles. The molecular formula is C14H21NO4S. The Morgan fingerprint density at radius 2 is 2.10 bits per heavy atom. The van der Waals surface area contributed by atoms with Gasteiger partial charge in [0.15, 0.2) is 0 Å². The highest BCUT2D eigenvalue weighted by molar-refractivity contribution is 7.89. The van der Waals surface area contributed by atoms with Crippen molar-refractivity contribution < 1.29 is 18.3 Å². The molecule has 1 aromatic rings. The topological polar surface area (TPSA) is 75.6 Å². The molecule has 0 fully saturated rings. The lowest BCUT2D eigenvalue weighted by Gasteiger charge is -2.18. The molecule has 2 atom stereocenters. The van der Waals surface area contributed by atoms with Crippen LogP contribution in [-0.2, 0) is 21.2 Å². The molecule has 2 N–H and O–H groups in total. The smallest absolute Gasteiger partial charge is 0.214 e. The first kappa shape index (κ1) is 15.4. The molecule has 1 aliphatic rings. The summed E-state index contributed by atoms with van der Waals surface area (Å²) in [5.41, 5.74) is 1.85. The molecular weight excluding hydrogens is 278 g/mol. The third-order valence-electron chi connectivity index (χ3n) is 3.31. The number of ether oxygens (including phenoxy) is 1. The molecule has 6 heteroatoms. The molecule has 0 bridgehead atoms. The summed E-state index contributed by atoms with van der Waals surface area (Å²) in [7, 11) is -3.47. The Morgan fingerprint density at radius 3 is 2.80 bits per heavy atom. The first-order valence-corrected chi connectivity index (χ1v) is 8.42. The van der Waals surface area contributed by atoms with Crippen LogP contribution in [0.5, 0.6) is 0 Å². The van der Waals surface area contributed by atoms with Gasteiger partial charge in [-0.25, -0.2) is 13.1 Å². The largest absolute Gasteiger partial charge is 0.391 e. The zero-order valence-corrected chi connectivity index (χ0v) is 12.6. The fourth-order valence-electron chi connectivity index (χ4n) is 2.36. The van der Waals surface area contributed by atoms with E-state index >= 15 is 0 Å². The van der Waals surface area contributed by atoms with Crippen molar-refractivity contribution in [3.05, 3.63) is 35.4 Å². The van der Waals surface area contributed by atoms with Crippen LogP contribution in [0.1, 0.15) is 31.0 Å². The highest BCUT2D eigenvalue weighted by atomic mass is 32.2. The van der Waals surface area contributed by atoms with Crippen LogP contribution in [-0.4, -0.2) is 38.1 Å². The average molecular weight is 299 g/mol. The van der Waals surface area contributed by atoms with Gasteiger partial charge in [-0.2, -0.15) is 0 Å². The van der Waals surface area contributed by atoms with Gasteiger partial charge >= 0.3 is 0 Å². The zero-order chi connectivity index (χ0) is 14.8. The van der Waals surface area contributed by atoms with Crippen LogP contribution in [0.4, 0.5) is 0 Å². The van der Waals surface area contributed by atoms with E-state index in [1.54, 1.807) is 0 Å². The number of hydrogen-bond acceptors (Lipinski definition) is 4. The van der Waals surface area contributed by atoms with Gasteiger partial charge in [0.2, 0.25) is 10.0 Å². The summed E-state index contributed by atoms with van der Waals surface area (Å²) in [6, 6.07) is 6.94. The fourth-order valence-corrected chi connectivity index (χ4v) is 3.47. The van der Waals surface area contributed by atoms with E-state index in [-0.39, 0.29) is 18.5 Å². The number of aliphatic hydroxyl groups is 1. The second-order valence-electron chi connectivity index (χ2n) is 5.30. The molecule has 0 unspecified atom stereocenters. The summed E-state index contributed by atoms with van der Waals surface area (Å²) >= 11 is 0. The number of aliphatic hydroxyl groups excluding tert-OH is 1. The highest BCUT2D eigenvalue weighted by Gasteiger charge is 2.33. The Kier molecular flexibility index (Phi) is 4.80. The van der Waals surface area contributed by atoms with Gasteiger partial charge in [-0.1, -0.05) is 24.3 Å². The molecule has 0 saturated heterocycles. The average Bonchev–Trinajstić information content (AvgIpc) is 2.65. The zero-order valence-electron chi connectivity index (χ0n) is 11.7. The van der Waals surface area contributed by atoms with E-state index in [4.69, 9.17) is 4.74 Å². The first-order chi connectivity index (χ1) is 9.39. The number of fused-ring (bicyclic) bond motifs is 1. The van der Waals surface area contributed by atoms with Crippen molar-refractivity contribution in [3.63, 3.8) is 0 Å². The van der Waals surface area contributed by atoms with E-state index in [0.29, 0.717) is 6.42 Å². The monoisotopic (exact) mass is 299 g/mol. The van der Waals surface area contributed by atoms with E-state index < -0.39 is 22.2 Å². The van der Waals surface area contributed by atoms with Gasteiger partial charge in [0.05, 0.1) is 30.6 Å². The van der Waals surface area contributed by atoms with E-state index in [1.165, 1.54) is 0 Å². The second kappa shape index (κ2) is 6.22. The number of rotatable bonds is 6. The maximum absolute atomic E-state index is 12.0. The third-order valence-corrected chi connectivity index (χ3v) is 4.63. The van der Waals surface area contributed by atoms with Crippen molar-refractivity contribution in [2.24, 2.45) is 0 Å². The van der Waals surface area contributed by atoms with E-state index in [9.17, 15) is 13.5 Å². The van der Waals surface area contributed by atoms with E-state index in [1.807, 2.05) is 38.1 Å². The minimum absolute atomic E-state index is 0.00277. The molecule has 0 heterocycles. The molecule has 1 aromatic carbocycles. The molecule has 0 spiro atoms. The van der Waals surface area contributed by atoms with Crippen molar-refractivity contribution in [1.29, 1.82) is 0 Å². The number of hydrogen-bond donors (Lipinski definition) is 2. The van der Waals surface area contributed by atoms with Crippen LogP contribution in [0.25, 0.3) is 0 Å². The maximum Gasteiger partial charge on any atom is 0.214 e. The fraction of sp³-hybridized carbons (Fsp3) is 0.571. The normalized spacial score (nSPS) is 22.2. The van der Waals surface area contributed by atoms with Crippen molar-refractivity contribution >= 4 is 10.0 Å². The van der Waals surface area contributed by atoms with Gasteiger partial charge in [-0.15, -0.1) is 0 Å². The SMILES string of the molecule is CC(C)OCCS(=O)(=O)N[C@H]1c2ccccc2C[C@H]1O. The Hall–Kier alpha value is -0.950. The number of benzene rings is 1. The van der Waals surface area contributed by atoms with Crippen molar-refractivity contribution in [2.45, 2.75) is 38.5 Å². The predicted octanol–water partition coefficient (Wildman–Crippen LogP) is 0.989. The summed E-state index contributed by atoms with van der Waals surface area (Å²) in [6.45, 7) is 3.87. The van der Waals surface area contributed by atoms with Crippen molar-refractivity contribution in [1.82, 2.24) is 4.72 Å². The van der Waals surface area contributed by atoms with Crippen LogP contribution < -0.4 is 4.72 Å². The predicted molar refractivity (Wildman–Crippen MR) is 76.9 cm³/mol. The number of nitrogens with one attached hydrogen (secondary N) is 1. The summed E-state index contributed by atoms with van der Waals surface area (Å²) < 4.78 is 31.9. The lowest BCUT2D eigenvalue weighted by atomic mass is 10.1. The highest BCUT2D eigenvalue weighted by Crippen LogP contribution is 2.31. The molecule has 5 nitrogen and oxygen atoms in total. The number of sulfonamides is 1. The van der Waals surface area contributed by atoms with Crippen molar-refractivity contribution in [2.75, 3.05) is 12.4 Å². The van der Waals surface area contributed by atoms with E-state index in [2.05, 4.69) is 4.72 Å². The Balaban J connectivity index is 2.02. The molecule has 0 amide bonds. The van der Waals surface area contributed by atoms with Gasteiger partial charge in [0, 0.05) is 6.42 Å². The maximum atomic E-state index is 12.0. The quantitative estimate of drug-likeness (QED) is 0.821. The molecule has 0 saturated carbocycles. The van der Waals surface area contributed by atoms with Gasteiger partial charge in [-0.3, -0.25) is 0 Å². The third kappa shape index (κ3) is 3.79. The summed E-state index contributed by atoms with van der Waals surface area (Å²) in [6.07, 6.45) is -0.234. The van der Waals surface area contributed by atoms with E-state index in [0.717, 1.165) is 11.1 Å². The Labute approximate surface area is 120 Å². The van der Waals surface area contributed by atoms with Crippen LogP contribution in [0, 0.1) is 0 Å². The van der Waals surface area contributed by atoms with Gasteiger partial charge < -0.3 is 9.84 Å². The van der Waals surface area contributed by atoms with Crippen LogP contribution in [0.2, 0.25) is 0 Å². The molecule has 2 rings (SSSR count). The molecule has 0 aromatic heterocycles. The molecule has 20 heavy (non-hydrogen) atoms. The van der Waals surface area contributed by atoms with Crippen LogP contribution in [0.3, 0.4) is 0 Å². The minimum Gasteiger partial charge on any atom is -0.391 e. The lowest BCUT2D eigenvalue weighted by molar-refractivity contribution is 0.0909. The molecule has 0 radical (unpaired) electrons.